The Morgan fingerprint density at radius 2 is 1.79 bits per heavy atom. The van der Waals surface area contributed by atoms with E-state index in [-0.39, 0.29) is 18.2 Å². The summed E-state index contributed by atoms with van der Waals surface area (Å²) in [6.45, 7) is 8.07. The molecule has 0 amide bonds. The van der Waals surface area contributed by atoms with E-state index < -0.39 is 5.63 Å². The predicted molar refractivity (Wildman–Crippen MR) is 112 cm³/mol. The Hall–Kier alpha value is -3.15. The van der Waals surface area contributed by atoms with Crippen LogP contribution in [0.25, 0.3) is 22.2 Å². The SMILES string of the molecule is CC.COC(=O)CN(C)c1ccc2c(-c3c(C)cccc3C)cc(=O)oc2n1. The highest BCUT2D eigenvalue weighted by Crippen LogP contribution is 2.32. The number of ether oxygens (including phenoxy) is 1. The fourth-order valence-corrected chi connectivity index (χ4v) is 3.03. The Bertz CT molecular complexity index is 1020. The number of aromatic nitrogens is 1. The molecule has 1 aromatic carbocycles. The van der Waals surface area contributed by atoms with Gasteiger partial charge in [-0.05, 0) is 42.7 Å². The molecule has 2 heterocycles. The van der Waals surface area contributed by atoms with E-state index in [0.717, 1.165) is 27.6 Å². The van der Waals surface area contributed by atoms with E-state index in [1.165, 1.54) is 13.2 Å². The number of benzene rings is 1. The summed E-state index contributed by atoms with van der Waals surface area (Å²) < 4.78 is 9.99. The number of carbonyl (C=O) groups excluding carboxylic acids is 1. The third kappa shape index (κ3) is 4.39. The van der Waals surface area contributed by atoms with E-state index in [1.54, 1.807) is 18.0 Å². The van der Waals surface area contributed by atoms with E-state index in [1.807, 2.05) is 52.0 Å². The first-order valence-corrected chi connectivity index (χ1v) is 9.20. The maximum Gasteiger partial charge on any atom is 0.338 e. The Morgan fingerprint density at radius 3 is 2.39 bits per heavy atom. The molecule has 6 heteroatoms. The number of aryl methyl sites for hydroxylation is 2. The van der Waals surface area contributed by atoms with Gasteiger partial charge in [0.25, 0.3) is 0 Å². The van der Waals surface area contributed by atoms with E-state index in [4.69, 9.17) is 4.42 Å². The van der Waals surface area contributed by atoms with Gasteiger partial charge >= 0.3 is 11.6 Å². The molecule has 0 spiro atoms. The van der Waals surface area contributed by atoms with Crippen molar-refractivity contribution in [2.45, 2.75) is 27.7 Å². The lowest BCUT2D eigenvalue weighted by molar-refractivity contribution is -0.138. The number of rotatable bonds is 4. The second-order valence-electron chi connectivity index (χ2n) is 6.20. The number of pyridine rings is 1. The maximum absolute atomic E-state index is 12.1. The van der Waals surface area contributed by atoms with Gasteiger partial charge in [-0.25, -0.2) is 4.79 Å². The molecule has 148 valence electrons. The van der Waals surface area contributed by atoms with Crippen LogP contribution in [0.3, 0.4) is 0 Å². The van der Waals surface area contributed by atoms with Crippen molar-refractivity contribution in [3.63, 3.8) is 0 Å². The normalized spacial score (nSPS) is 10.2. The van der Waals surface area contributed by atoms with Crippen molar-refractivity contribution in [1.82, 2.24) is 4.98 Å². The smallest absolute Gasteiger partial charge is 0.338 e. The van der Waals surface area contributed by atoms with E-state index in [2.05, 4.69) is 9.72 Å². The second-order valence-corrected chi connectivity index (χ2v) is 6.20. The molecule has 0 atom stereocenters. The summed E-state index contributed by atoms with van der Waals surface area (Å²) in [5, 5.41) is 0.747. The van der Waals surface area contributed by atoms with Gasteiger partial charge in [0.15, 0.2) is 0 Å². The van der Waals surface area contributed by atoms with Gasteiger partial charge in [0.05, 0.1) is 7.11 Å². The second kappa shape index (κ2) is 9.17. The number of hydrogen-bond donors (Lipinski definition) is 0. The summed E-state index contributed by atoms with van der Waals surface area (Å²) in [5.74, 6) is 0.143. The molecule has 6 nitrogen and oxygen atoms in total. The average molecular weight is 382 g/mol. The molecule has 0 saturated carbocycles. The number of nitrogens with zero attached hydrogens (tertiary/aromatic N) is 2. The lowest BCUT2D eigenvalue weighted by atomic mass is 9.94. The van der Waals surface area contributed by atoms with Gasteiger partial charge in [-0.2, -0.15) is 4.98 Å². The number of likely N-dealkylation sites (N-methyl/N-ethyl adjacent to an activating group) is 1. The van der Waals surface area contributed by atoms with Crippen LogP contribution < -0.4 is 10.5 Å². The Balaban J connectivity index is 0.00000136. The first kappa shape index (κ1) is 21.2. The highest BCUT2D eigenvalue weighted by Gasteiger charge is 2.15. The quantitative estimate of drug-likeness (QED) is 0.633. The minimum absolute atomic E-state index is 0.0514. The monoisotopic (exact) mass is 382 g/mol. The predicted octanol–water partition coefficient (Wildman–Crippen LogP) is 4.11. The fraction of sp³-hybridized carbons (Fsp3) is 0.318. The van der Waals surface area contributed by atoms with Crippen molar-refractivity contribution in [2.75, 3.05) is 25.6 Å². The summed E-state index contributed by atoms with van der Waals surface area (Å²) >= 11 is 0. The Labute approximate surface area is 164 Å². The highest BCUT2D eigenvalue weighted by atomic mass is 16.5. The zero-order chi connectivity index (χ0) is 20.8. The summed E-state index contributed by atoms with van der Waals surface area (Å²) in [7, 11) is 3.05. The third-order valence-electron chi connectivity index (χ3n) is 4.33. The first-order chi connectivity index (χ1) is 13.4. The van der Waals surface area contributed by atoms with Crippen LogP contribution >= 0.6 is 0 Å². The van der Waals surface area contributed by atoms with Gasteiger partial charge in [0.1, 0.15) is 12.4 Å². The Morgan fingerprint density at radius 1 is 1.14 bits per heavy atom. The number of esters is 1. The standard InChI is InChI=1S/C20H20N2O4.C2H6/c1-12-6-5-7-13(2)19(12)15-10-17(23)26-20-14(15)8-9-16(21-20)22(3)11-18(24)25-4;1-2/h5-10H,11H2,1-4H3;1-2H3. The largest absolute Gasteiger partial charge is 0.468 e. The number of methoxy groups -OCH3 is 1. The topological polar surface area (TPSA) is 72.6 Å². The van der Waals surface area contributed by atoms with Crippen LogP contribution in [0.5, 0.6) is 0 Å². The summed E-state index contributed by atoms with van der Waals surface area (Å²) in [5.41, 5.74) is 3.72. The zero-order valence-corrected chi connectivity index (χ0v) is 17.2. The van der Waals surface area contributed by atoms with Crippen molar-refractivity contribution >= 4 is 22.9 Å². The molecule has 0 bridgehead atoms. The van der Waals surface area contributed by atoms with Crippen LogP contribution in [0, 0.1) is 13.8 Å². The molecule has 0 fully saturated rings. The average Bonchev–Trinajstić information content (AvgIpc) is 2.68. The number of anilines is 1. The maximum atomic E-state index is 12.1. The van der Waals surface area contributed by atoms with Gasteiger partial charge < -0.3 is 14.1 Å². The van der Waals surface area contributed by atoms with E-state index in [0.29, 0.717) is 5.82 Å². The van der Waals surface area contributed by atoms with E-state index in [9.17, 15) is 9.59 Å². The molecule has 0 aliphatic carbocycles. The van der Waals surface area contributed by atoms with Gasteiger partial charge in [-0.3, -0.25) is 4.79 Å². The molecule has 0 aliphatic heterocycles. The van der Waals surface area contributed by atoms with Gasteiger partial charge in [0.2, 0.25) is 5.71 Å². The Kier molecular flexibility index (Phi) is 6.93. The molecule has 3 rings (SSSR count). The molecular formula is C22H26N2O4. The summed E-state index contributed by atoms with van der Waals surface area (Å²) in [6, 6.07) is 11.2. The minimum Gasteiger partial charge on any atom is -0.468 e. The number of hydrogen-bond acceptors (Lipinski definition) is 6. The van der Waals surface area contributed by atoms with Crippen LogP contribution in [0.1, 0.15) is 25.0 Å². The van der Waals surface area contributed by atoms with Crippen LogP contribution in [0.15, 0.2) is 45.6 Å². The highest BCUT2D eigenvalue weighted by molar-refractivity contribution is 5.94. The number of carbonyl (C=O) groups is 1. The molecule has 0 aliphatic rings. The van der Waals surface area contributed by atoms with Crippen LogP contribution in [-0.4, -0.2) is 31.7 Å². The minimum atomic E-state index is -0.463. The van der Waals surface area contributed by atoms with Crippen molar-refractivity contribution in [3.8, 4) is 11.1 Å². The lowest BCUT2D eigenvalue weighted by Crippen LogP contribution is -2.27. The van der Waals surface area contributed by atoms with Crippen molar-refractivity contribution in [1.29, 1.82) is 0 Å². The number of fused-ring (bicyclic) bond motifs is 1. The van der Waals surface area contributed by atoms with Crippen molar-refractivity contribution in [3.05, 3.63) is 57.9 Å². The van der Waals surface area contributed by atoms with E-state index >= 15 is 0 Å². The molecule has 0 saturated heterocycles. The lowest BCUT2D eigenvalue weighted by Gasteiger charge is -2.17. The van der Waals surface area contributed by atoms with Crippen LogP contribution in [0.4, 0.5) is 5.82 Å². The molecule has 3 aromatic rings. The molecular weight excluding hydrogens is 356 g/mol. The molecule has 0 unspecified atom stereocenters. The van der Waals surface area contributed by atoms with Gasteiger partial charge in [-0.1, -0.05) is 32.0 Å². The molecule has 2 aromatic heterocycles. The summed E-state index contributed by atoms with van der Waals surface area (Å²) in [4.78, 5) is 29.6. The zero-order valence-electron chi connectivity index (χ0n) is 17.2. The molecule has 0 N–H and O–H groups in total. The van der Waals surface area contributed by atoms with Crippen molar-refractivity contribution < 1.29 is 13.9 Å². The fourth-order valence-electron chi connectivity index (χ4n) is 3.03. The van der Waals surface area contributed by atoms with Crippen LogP contribution in [0.2, 0.25) is 0 Å². The van der Waals surface area contributed by atoms with Crippen LogP contribution in [-0.2, 0) is 9.53 Å². The molecule has 28 heavy (non-hydrogen) atoms. The van der Waals surface area contributed by atoms with Crippen molar-refractivity contribution in [2.24, 2.45) is 0 Å². The molecule has 0 radical (unpaired) electrons. The van der Waals surface area contributed by atoms with Gasteiger partial charge in [0, 0.05) is 24.1 Å². The third-order valence-corrected chi connectivity index (χ3v) is 4.33. The summed E-state index contributed by atoms with van der Waals surface area (Å²) in [6.07, 6.45) is 0. The van der Waals surface area contributed by atoms with Gasteiger partial charge in [-0.15, -0.1) is 0 Å². The first-order valence-electron chi connectivity index (χ1n) is 9.20.